The SMILES string of the molecule is CCC1=C(c2ccccc2)[C@@H]2CC[C@H]2C1(C)C. The maximum Gasteiger partial charge on any atom is -0.0105 e. The van der Waals surface area contributed by atoms with Gasteiger partial charge in [-0.25, -0.2) is 0 Å². The summed E-state index contributed by atoms with van der Waals surface area (Å²) in [6.45, 7) is 7.24. The smallest absolute Gasteiger partial charge is 0.0105 e. The molecule has 1 aromatic rings. The van der Waals surface area contributed by atoms with Crippen molar-refractivity contribution < 1.29 is 0 Å². The molecule has 2 aliphatic rings. The average molecular weight is 226 g/mol. The van der Waals surface area contributed by atoms with E-state index < -0.39 is 0 Å². The van der Waals surface area contributed by atoms with Crippen molar-refractivity contribution in [3.63, 3.8) is 0 Å². The standard InChI is InChI=1S/C17H22/c1-4-14-16(12-8-6-5-7-9-12)13-10-11-15(13)17(14,2)3/h5-9,13,15H,4,10-11H2,1-3H3/t13-,15-/m1/s1. The highest BCUT2D eigenvalue weighted by Gasteiger charge is 2.51. The van der Waals surface area contributed by atoms with Crippen molar-refractivity contribution in [1.82, 2.24) is 0 Å². The van der Waals surface area contributed by atoms with Crippen molar-refractivity contribution >= 4 is 5.57 Å². The molecular formula is C17H22. The van der Waals surface area contributed by atoms with Crippen LogP contribution >= 0.6 is 0 Å². The Morgan fingerprint density at radius 2 is 1.82 bits per heavy atom. The molecule has 1 fully saturated rings. The minimum atomic E-state index is 0.433. The summed E-state index contributed by atoms with van der Waals surface area (Å²) in [7, 11) is 0. The monoisotopic (exact) mass is 226 g/mol. The lowest BCUT2D eigenvalue weighted by Gasteiger charge is -2.41. The summed E-state index contributed by atoms with van der Waals surface area (Å²) in [4.78, 5) is 0. The predicted molar refractivity (Wildman–Crippen MR) is 73.6 cm³/mol. The van der Waals surface area contributed by atoms with Crippen LogP contribution in [0.15, 0.2) is 35.9 Å². The third-order valence-corrected chi connectivity index (χ3v) is 5.11. The van der Waals surface area contributed by atoms with E-state index >= 15 is 0 Å². The summed E-state index contributed by atoms with van der Waals surface area (Å²) < 4.78 is 0. The first-order valence-electron chi connectivity index (χ1n) is 6.95. The summed E-state index contributed by atoms with van der Waals surface area (Å²) >= 11 is 0. The zero-order valence-electron chi connectivity index (χ0n) is 11.2. The lowest BCUT2D eigenvalue weighted by molar-refractivity contribution is 0.130. The highest BCUT2D eigenvalue weighted by molar-refractivity contribution is 5.75. The Morgan fingerprint density at radius 1 is 1.12 bits per heavy atom. The second-order valence-corrected chi connectivity index (χ2v) is 6.12. The molecule has 1 aromatic carbocycles. The van der Waals surface area contributed by atoms with Crippen molar-refractivity contribution in [2.24, 2.45) is 17.3 Å². The molecule has 0 N–H and O–H groups in total. The normalized spacial score (nSPS) is 30.1. The lowest BCUT2D eigenvalue weighted by atomic mass is 9.63. The molecule has 0 nitrogen and oxygen atoms in total. The van der Waals surface area contributed by atoms with Gasteiger partial charge < -0.3 is 0 Å². The van der Waals surface area contributed by atoms with Crippen molar-refractivity contribution in [2.45, 2.75) is 40.0 Å². The van der Waals surface area contributed by atoms with Crippen LogP contribution in [0.4, 0.5) is 0 Å². The van der Waals surface area contributed by atoms with Gasteiger partial charge in [0.25, 0.3) is 0 Å². The fourth-order valence-electron chi connectivity index (χ4n) is 4.16. The van der Waals surface area contributed by atoms with Gasteiger partial charge in [-0.1, -0.05) is 56.7 Å². The number of hydrogen-bond donors (Lipinski definition) is 0. The molecule has 0 heteroatoms. The van der Waals surface area contributed by atoms with Gasteiger partial charge in [0, 0.05) is 0 Å². The topological polar surface area (TPSA) is 0 Å². The molecule has 0 unspecified atom stereocenters. The van der Waals surface area contributed by atoms with Gasteiger partial charge in [-0.05, 0) is 47.6 Å². The molecule has 0 saturated heterocycles. The van der Waals surface area contributed by atoms with Crippen molar-refractivity contribution in [1.29, 1.82) is 0 Å². The summed E-state index contributed by atoms with van der Waals surface area (Å²) in [5.74, 6) is 1.76. The summed E-state index contributed by atoms with van der Waals surface area (Å²) in [5.41, 5.74) is 5.32. The Kier molecular flexibility index (Phi) is 2.43. The molecule has 0 aliphatic heterocycles. The van der Waals surface area contributed by atoms with Crippen LogP contribution in [0, 0.1) is 17.3 Å². The Balaban J connectivity index is 2.13. The van der Waals surface area contributed by atoms with Gasteiger partial charge in [-0.3, -0.25) is 0 Å². The molecule has 1 saturated carbocycles. The molecule has 0 bridgehead atoms. The van der Waals surface area contributed by atoms with E-state index in [-0.39, 0.29) is 0 Å². The quantitative estimate of drug-likeness (QED) is 0.671. The maximum atomic E-state index is 2.46. The third kappa shape index (κ3) is 1.43. The van der Waals surface area contributed by atoms with Crippen LogP contribution in [0.5, 0.6) is 0 Å². The minimum absolute atomic E-state index is 0.433. The van der Waals surface area contributed by atoms with Gasteiger partial charge in [0.05, 0.1) is 0 Å². The van der Waals surface area contributed by atoms with Gasteiger partial charge in [-0.15, -0.1) is 0 Å². The molecule has 0 radical (unpaired) electrons. The Labute approximate surface area is 105 Å². The second-order valence-electron chi connectivity index (χ2n) is 6.12. The van der Waals surface area contributed by atoms with Gasteiger partial charge in [0.1, 0.15) is 0 Å². The first-order chi connectivity index (χ1) is 8.16. The van der Waals surface area contributed by atoms with Crippen LogP contribution in [-0.4, -0.2) is 0 Å². The first kappa shape index (κ1) is 11.1. The van der Waals surface area contributed by atoms with Crippen LogP contribution in [0.1, 0.15) is 45.6 Å². The van der Waals surface area contributed by atoms with E-state index in [1.54, 1.807) is 11.1 Å². The largest absolute Gasteiger partial charge is 0.0622 e. The highest BCUT2D eigenvalue weighted by Crippen LogP contribution is 2.63. The average Bonchev–Trinajstić information content (AvgIpc) is 2.41. The maximum absolute atomic E-state index is 2.46. The molecule has 0 heterocycles. The zero-order chi connectivity index (χ0) is 12.0. The van der Waals surface area contributed by atoms with E-state index in [1.807, 2.05) is 0 Å². The summed E-state index contributed by atoms with van der Waals surface area (Å²) in [5, 5.41) is 0. The molecule has 90 valence electrons. The van der Waals surface area contributed by atoms with E-state index in [2.05, 4.69) is 51.1 Å². The third-order valence-electron chi connectivity index (χ3n) is 5.11. The first-order valence-corrected chi connectivity index (χ1v) is 6.95. The molecule has 2 atom stereocenters. The van der Waals surface area contributed by atoms with Crippen LogP contribution < -0.4 is 0 Å². The van der Waals surface area contributed by atoms with Crippen LogP contribution in [0.2, 0.25) is 0 Å². The highest BCUT2D eigenvalue weighted by atomic mass is 14.6. The number of allylic oxidation sites excluding steroid dienone is 2. The van der Waals surface area contributed by atoms with Crippen LogP contribution in [0.3, 0.4) is 0 Å². The Morgan fingerprint density at radius 3 is 2.35 bits per heavy atom. The molecule has 2 aliphatic carbocycles. The van der Waals surface area contributed by atoms with Gasteiger partial charge >= 0.3 is 0 Å². The summed E-state index contributed by atoms with van der Waals surface area (Å²) in [6.07, 6.45) is 4.05. The van der Waals surface area contributed by atoms with E-state index in [1.165, 1.54) is 24.8 Å². The lowest BCUT2D eigenvalue weighted by Crippen LogP contribution is -2.32. The number of fused-ring (bicyclic) bond motifs is 1. The van der Waals surface area contributed by atoms with Gasteiger partial charge in [-0.2, -0.15) is 0 Å². The summed E-state index contributed by atoms with van der Waals surface area (Å²) in [6, 6.07) is 11.1. The fraction of sp³-hybridized carbons (Fsp3) is 0.529. The molecular weight excluding hydrogens is 204 g/mol. The number of rotatable bonds is 2. The Bertz CT molecular complexity index is 450. The van der Waals surface area contributed by atoms with E-state index in [9.17, 15) is 0 Å². The van der Waals surface area contributed by atoms with Gasteiger partial charge in [0.15, 0.2) is 0 Å². The van der Waals surface area contributed by atoms with Crippen LogP contribution in [-0.2, 0) is 0 Å². The molecule has 0 aromatic heterocycles. The molecule has 3 rings (SSSR count). The zero-order valence-corrected chi connectivity index (χ0v) is 11.2. The Hall–Kier alpha value is -1.04. The van der Waals surface area contributed by atoms with Crippen molar-refractivity contribution in [2.75, 3.05) is 0 Å². The molecule has 0 amide bonds. The van der Waals surface area contributed by atoms with Gasteiger partial charge in [0.2, 0.25) is 0 Å². The van der Waals surface area contributed by atoms with Crippen LogP contribution in [0.25, 0.3) is 5.57 Å². The minimum Gasteiger partial charge on any atom is -0.0622 e. The van der Waals surface area contributed by atoms with E-state index in [0.717, 1.165) is 11.8 Å². The van der Waals surface area contributed by atoms with E-state index in [0.29, 0.717) is 5.41 Å². The fourth-order valence-corrected chi connectivity index (χ4v) is 4.16. The molecule has 17 heavy (non-hydrogen) atoms. The molecule has 0 spiro atoms. The van der Waals surface area contributed by atoms with Crippen molar-refractivity contribution in [3.05, 3.63) is 41.5 Å². The van der Waals surface area contributed by atoms with E-state index in [4.69, 9.17) is 0 Å². The predicted octanol–water partition coefficient (Wildman–Crippen LogP) is 4.92. The number of benzene rings is 1. The second kappa shape index (κ2) is 3.73. The van der Waals surface area contributed by atoms with Crippen molar-refractivity contribution in [3.8, 4) is 0 Å². The number of hydrogen-bond acceptors (Lipinski definition) is 0.